The highest BCUT2D eigenvalue weighted by molar-refractivity contribution is 7.90. The molecule has 8 heteroatoms. The number of nitrogens with zero attached hydrogens (tertiary/aromatic N) is 1. The molecule has 0 saturated carbocycles. The third kappa shape index (κ3) is 3.08. The zero-order valence-corrected chi connectivity index (χ0v) is 15.0. The maximum atomic E-state index is 12.5. The van der Waals surface area contributed by atoms with Crippen molar-refractivity contribution in [3.63, 3.8) is 0 Å². The van der Waals surface area contributed by atoms with E-state index in [9.17, 15) is 13.2 Å². The molecular formula is C18H18N2O5S. The van der Waals surface area contributed by atoms with Gasteiger partial charge >= 0.3 is 6.03 Å². The Hall–Kier alpha value is -2.74. The molecule has 0 atom stereocenters. The number of hydrogen-bond acceptors (Lipinski definition) is 5. The number of benzene rings is 2. The second-order valence-corrected chi connectivity index (χ2v) is 8.05. The first-order valence-electron chi connectivity index (χ1n) is 8.22. The standard InChI is InChI=1S/C18H18N2O5S/c1-12-2-4-15(5-3-12)26(22,23)19-18(21)20-7-6-13-8-16-17(25-11-24-16)9-14(13)10-20/h2-5,8-9H,6-7,10-11H2,1H3,(H,19,21). The van der Waals surface area contributed by atoms with Crippen LogP contribution in [0.3, 0.4) is 0 Å². The van der Waals surface area contributed by atoms with Crippen molar-refractivity contribution in [2.24, 2.45) is 0 Å². The summed E-state index contributed by atoms with van der Waals surface area (Å²) in [6, 6.07) is 9.50. The highest BCUT2D eigenvalue weighted by Crippen LogP contribution is 2.36. The van der Waals surface area contributed by atoms with Crippen molar-refractivity contribution in [2.75, 3.05) is 13.3 Å². The van der Waals surface area contributed by atoms with Crippen molar-refractivity contribution in [3.8, 4) is 11.5 Å². The average Bonchev–Trinajstić information content (AvgIpc) is 3.06. The van der Waals surface area contributed by atoms with Crippen LogP contribution < -0.4 is 14.2 Å². The number of carbonyl (C=O) groups excluding carboxylic acids is 1. The van der Waals surface area contributed by atoms with Gasteiger partial charge in [0.1, 0.15) is 0 Å². The number of fused-ring (bicyclic) bond motifs is 2. The Morgan fingerprint density at radius 3 is 2.42 bits per heavy atom. The molecule has 0 bridgehead atoms. The first kappa shape index (κ1) is 16.7. The van der Waals surface area contributed by atoms with E-state index in [4.69, 9.17) is 9.47 Å². The Bertz CT molecular complexity index is 970. The molecule has 0 aromatic heterocycles. The van der Waals surface area contributed by atoms with Crippen LogP contribution in [0.4, 0.5) is 4.79 Å². The molecule has 2 heterocycles. The van der Waals surface area contributed by atoms with Gasteiger partial charge < -0.3 is 14.4 Å². The molecule has 0 radical (unpaired) electrons. The van der Waals surface area contributed by atoms with Crippen LogP contribution in [0.2, 0.25) is 0 Å². The van der Waals surface area contributed by atoms with E-state index in [-0.39, 0.29) is 11.7 Å². The van der Waals surface area contributed by atoms with Crippen LogP contribution in [-0.2, 0) is 23.0 Å². The highest BCUT2D eigenvalue weighted by atomic mass is 32.2. The van der Waals surface area contributed by atoms with Gasteiger partial charge in [-0.05, 0) is 48.7 Å². The molecule has 0 aliphatic carbocycles. The zero-order chi connectivity index (χ0) is 18.3. The number of nitrogens with one attached hydrogen (secondary N) is 1. The first-order chi connectivity index (χ1) is 12.4. The van der Waals surface area contributed by atoms with Crippen LogP contribution in [0.15, 0.2) is 41.3 Å². The summed E-state index contributed by atoms with van der Waals surface area (Å²) in [5, 5.41) is 0. The van der Waals surface area contributed by atoms with E-state index < -0.39 is 16.1 Å². The Kier molecular flexibility index (Phi) is 3.99. The summed E-state index contributed by atoms with van der Waals surface area (Å²) in [6.45, 7) is 2.81. The predicted octanol–water partition coefficient (Wildman–Crippen LogP) is 2.18. The molecule has 136 valence electrons. The van der Waals surface area contributed by atoms with Crippen molar-refractivity contribution in [1.82, 2.24) is 9.62 Å². The number of sulfonamides is 1. The maximum absolute atomic E-state index is 12.5. The average molecular weight is 374 g/mol. The van der Waals surface area contributed by atoms with Gasteiger partial charge in [-0.1, -0.05) is 17.7 Å². The van der Waals surface area contributed by atoms with Gasteiger partial charge in [-0.2, -0.15) is 0 Å². The fourth-order valence-corrected chi connectivity index (χ4v) is 4.05. The summed E-state index contributed by atoms with van der Waals surface area (Å²) in [7, 11) is -3.90. The fraction of sp³-hybridized carbons (Fsp3) is 0.278. The van der Waals surface area contributed by atoms with E-state index in [1.54, 1.807) is 12.1 Å². The molecule has 4 rings (SSSR count). The molecule has 2 aromatic rings. The Morgan fingerprint density at radius 2 is 1.73 bits per heavy atom. The van der Waals surface area contributed by atoms with E-state index in [0.29, 0.717) is 31.0 Å². The highest BCUT2D eigenvalue weighted by Gasteiger charge is 2.27. The van der Waals surface area contributed by atoms with E-state index in [0.717, 1.165) is 16.7 Å². The molecule has 0 unspecified atom stereocenters. The smallest absolute Gasteiger partial charge is 0.331 e. The molecule has 2 aromatic carbocycles. The second kappa shape index (κ2) is 6.21. The molecule has 0 spiro atoms. The molecule has 7 nitrogen and oxygen atoms in total. The Balaban J connectivity index is 1.50. The number of amides is 2. The minimum absolute atomic E-state index is 0.0669. The van der Waals surface area contributed by atoms with E-state index >= 15 is 0 Å². The molecule has 26 heavy (non-hydrogen) atoms. The van der Waals surface area contributed by atoms with Crippen LogP contribution in [0.5, 0.6) is 11.5 Å². The summed E-state index contributed by atoms with van der Waals surface area (Å²) < 4.78 is 37.7. The molecular weight excluding hydrogens is 356 g/mol. The van der Waals surface area contributed by atoms with E-state index in [1.165, 1.54) is 17.0 Å². The van der Waals surface area contributed by atoms with Gasteiger partial charge in [-0.3, -0.25) is 0 Å². The van der Waals surface area contributed by atoms with Crippen molar-refractivity contribution in [1.29, 1.82) is 0 Å². The first-order valence-corrected chi connectivity index (χ1v) is 9.70. The Morgan fingerprint density at radius 1 is 1.08 bits per heavy atom. The summed E-state index contributed by atoms with van der Waals surface area (Å²) in [5.74, 6) is 1.36. The zero-order valence-electron chi connectivity index (χ0n) is 14.2. The third-order valence-electron chi connectivity index (χ3n) is 4.55. The fourth-order valence-electron chi connectivity index (χ4n) is 3.08. The minimum Gasteiger partial charge on any atom is -0.454 e. The van der Waals surface area contributed by atoms with Crippen LogP contribution in [0.25, 0.3) is 0 Å². The van der Waals surface area contributed by atoms with E-state index in [1.807, 2.05) is 19.1 Å². The molecule has 0 saturated heterocycles. The Labute approximate surface area is 151 Å². The molecule has 2 aliphatic heterocycles. The SMILES string of the molecule is Cc1ccc(S(=O)(=O)NC(=O)N2CCc3cc4c(cc3C2)OCO4)cc1. The lowest BCUT2D eigenvalue weighted by molar-refractivity contribution is 0.174. The lowest BCUT2D eigenvalue weighted by Gasteiger charge is -2.29. The van der Waals surface area contributed by atoms with Crippen LogP contribution in [0.1, 0.15) is 16.7 Å². The predicted molar refractivity (Wildman–Crippen MR) is 93.6 cm³/mol. The summed E-state index contributed by atoms with van der Waals surface area (Å²) in [4.78, 5) is 14.0. The van der Waals surface area contributed by atoms with Gasteiger partial charge in [0, 0.05) is 13.1 Å². The number of hydrogen-bond donors (Lipinski definition) is 1. The van der Waals surface area contributed by atoms with Gasteiger partial charge in [0.15, 0.2) is 11.5 Å². The molecule has 1 N–H and O–H groups in total. The van der Waals surface area contributed by atoms with Gasteiger partial charge in [-0.25, -0.2) is 17.9 Å². The van der Waals surface area contributed by atoms with Crippen molar-refractivity contribution in [3.05, 3.63) is 53.1 Å². The summed E-state index contributed by atoms with van der Waals surface area (Å²) >= 11 is 0. The monoisotopic (exact) mass is 374 g/mol. The van der Waals surface area contributed by atoms with E-state index in [2.05, 4.69) is 4.72 Å². The lowest BCUT2D eigenvalue weighted by Crippen LogP contribution is -2.44. The van der Waals surface area contributed by atoms with Crippen molar-refractivity contribution < 1.29 is 22.7 Å². The number of aryl methyl sites for hydroxylation is 1. The van der Waals surface area contributed by atoms with Gasteiger partial charge in [-0.15, -0.1) is 0 Å². The largest absolute Gasteiger partial charge is 0.454 e. The van der Waals surface area contributed by atoms with Gasteiger partial charge in [0.05, 0.1) is 4.90 Å². The van der Waals surface area contributed by atoms with Crippen LogP contribution >= 0.6 is 0 Å². The maximum Gasteiger partial charge on any atom is 0.331 e. The third-order valence-corrected chi connectivity index (χ3v) is 5.88. The minimum atomic E-state index is -3.90. The normalized spacial score (nSPS) is 15.5. The molecule has 2 aliphatic rings. The summed E-state index contributed by atoms with van der Waals surface area (Å²) in [5.41, 5.74) is 2.96. The molecule has 0 fully saturated rings. The molecule has 2 amide bonds. The quantitative estimate of drug-likeness (QED) is 0.871. The second-order valence-electron chi connectivity index (χ2n) is 6.37. The van der Waals surface area contributed by atoms with Gasteiger partial charge in [0.2, 0.25) is 6.79 Å². The van der Waals surface area contributed by atoms with Crippen LogP contribution in [0, 0.1) is 6.92 Å². The van der Waals surface area contributed by atoms with Crippen LogP contribution in [-0.4, -0.2) is 32.7 Å². The number of carbonyl (C=O) groups is 1. The number of ether oxygens (including phenoxy) is 2. The summed E-state index contributed by atoms with van der Waals surface area (Å²) in [6.07, 6.45) is 0.629. The topological polar surface area (TPSA) is 84.9 Å². The number of rotatable bonds is 2. The van der Waals surface area contributed by atoms with Crippen molar-refractivity contribution in [2.45, 2.75) is 24.8 Å². The van der Waals surface area contributed by atoms with Gasteiger partial charge in [0.25, 0.3) is 10.0 Å². The van der Waals surface area contributed by atoms with Crippen molar-refractivity contribution >= 4 is 16.1 Å². The lowest BCUT2D eigenvalue weighted by atomic mass is 9.99. The number of urea groups is 1.